The van der Waals surface area contributed by atoms with E-state index in [1.54, 1.807) is 6.07 Å². The Hall–Kier alpha value is -2.12. The Labute approximate surface area is 124 Å². The van der Waals surface area contributed by atoms with Crippen molar-refractivity contribution in [3.05, 3.63) is 52.9 Å². The molecule has 2 aromatic rings. The maximum atomic E-state index is 13.4. The van der Waals surface area contributed by atoms with E-state index in [1.165, 1.54) is 36.4 Å². The van der Waals surface area contributed by atoms with E-state index in [-0.39, 0.29) is 12.4 Å². The Morgan fingerprint density at radius 2 is 2.14 bits per heavy atom. The van der Waals surface area contributed by atoms with Crippen LogP contribution in [0.4, 0.5) is 4.39 Å². The summed E-state index contributed by atoms with van der Waals surface area (Å²) in [7, 11) is 0. The molecule has 0 bridgehead atoms. The van der Waals surface area contributed by atoms with Crippen molar-refractivity contribution in [3.63, 3.8) is 0 Å². The Kier molecular flexibility index (Phi) is 4.03. The third-order valence-corrected chi connectivity index (χ3v) is 3.85. The average Bonchev–Trinajstić information content (AvgIpc) is 2.91. The normalized spacial score (nSPS) is 13.4. The molecule has 1 aliphatic rings. The highest BCUT2D eigenvalue weighted by Gasteiger charge is 2.15. The van der Waals surface area contributed by atoms with E-state index in [0.29, 0.717) is 12.1 Å². The second-order valence-corrected chi connectivity index (χ2v) is 5.28. The molecular weight excluding hydrogens is 265 g/mol. The highest BCUT2D eigenvalue weighted by Crippen LogP contribution is 2.21. The minimum Gasteiger partial charge on any atom is -0.330 e. The van der Waals surface area contributed by atoms with Gasteiger partial charge in [0.15, 0.2) is 0 Å². The largest absolute Gasteiger partial charge is 0.330 e. The van der Waals surface area contributed by atoms with Crippen LogP contribution >= 0.6 is 0 Å². The molecule has 4 heteroatoms. The molecule has 21 heavy (non-hydrogen) atoms. The lowest BCUT2D eigenvalue weighted by Gasteiger charge is -2.14. The third kappa shape index (κ3) is 2.98. The van der Waals surface area contributed by atoms with Crippen molar-refractivity contribution in [2.75, 3.05) is 6.54 Å². The minimum atomic E-state index is -0.271. The van der Waals surface area contributed by atoms with Crippen molar-refractivity contribution in [3.8, 4) is 11.8 Å². The number of nitrogens with two attached hydrogens (primary N) is 1. The van der Waals surface area contributed by atoms with E-state index in [2.05, 4.69) is 21.4 Å². The molecule has 0 fully saturated rings. The van der Waals surface area contributed by atoms with Crippen LogP contribution in [0.15, 0.2) is 24.5 Å². The fourth-order valence-electron chi connectivity index (χ4n) is 2.80. The summed E-state index contributed by atoms with van der Waals surface area (Å²) in [6.07, 6.45) is 6.45. The molecule has 2 N–H and O–H groups in total. The summed E-state index contributed by atoms with van der Waals surface area (Å²) in [5, 5.41) is 0. The molecule has 1 aromatic heterocycles. The molecule has 0 spiro atoms. The van der Waals surface area contributed by atoms with E-state index in [9.17, 15) is 4.39 Å². The van der Waals surface area contributed by atoms with Crippen molar-refractivity contribution in [1.29, 1.82) is 0 Å². The zero-order chi connectivity index (χ0) is 14.7. The fourth-order valence-corrected chi connectivity index (χ4v) is 2.80. The van der Waals surface area contributed by atoms with E-state index in [1.807, 2.05) is 6.33 Å². The number of aryl methyl sites for hydroxylation is 1. The summed E-state index contributed by atoms with van der Waals surface area (Å²) < 4.78 is 15.6. The summed E-state index contributed by atoms with van der Waals surface area (Å²) in [4.78, 5) is 4.50. The van der Waals surface area contributed by atoms with Gasteiger partial charge in [-0.3, -0.25) is 0 Å². The molecule has 1 aromatic carbocycles. The second-order valence-electron chi connectivity index (χ2n) is 5.28. The van der Waals surface area contributed by atoms with Crippen LogP contribution in [-0.2, 0) is 19.4 Å². The molecule has 1 aliphatic carbocycles. The monoisotopic (exact) mass is 283 g/mol. The van der Waals surface area contributed by atoms with E-state index < -0.39 is 0 Å². The van der Waals surface area contributed by atoms with E-state index in [4.69, 9.17) is 5.73 Å². The number of halogens is 1. The number of fused-ring (bicyclic) bond motifs is 1. The van der Waals surface area contributed by atoms with Crippen molar-refractivity contribution in [2.45, 2.75) is 32.2 Å². The van der Waals surface area contributed by atoms with Crippen LogP contribution in [0.2, 0.25) is 0 Å². The molecule has 108 valence electrons. The number of hydrogen-bond donors (Lipinski definition) is 1. The summed E-state index contributed by atoms with van der Waals surface area (Å²) in [5.41, 5.74) is 9.63. The van der Waals surface area contributed by atoms with Crippen molar-refractivity contribution in [2.24, 2.45) is 5.73 Å². The van der Waals surface area contributed by atoms with Gasteiger partial charge in [-0.15, -0.1) is 0 Å². The van der Waals surface area contributed by atoms with Gasteiger partial charge < -0.3 is 10.3 Å². The first kappa shape index (κ1) is 13.8. The molecule has 0 saturated heterocycles. The quantitative estimate of drug-likeness (QED) is 0.859. The molecule has 0 atom stereocenters. The van der Waals surface area contributed by atoms with Gasteiger partial charge in [0.2, 0.25) is 0 Å². The Morgan fingerprint density at radius 1 is 1.29 bits per heavy atom. The van der Waals surface area contributed by atoms with Crippen LogP contribution in [0.5, 0.6) is 0 Å². The molecular formula is C17H18FN3. The van der Waals surface area contributed by atoms with Crippen molar-refractivity contribution < 1.29 is 4.39 Å². The fraction of sp³-hybridized carbons (Fsp3) is 0.353. The van der Waals surface area contributed by atoms with Crippen LogP contribution in [0.25, 0.3) is 0 Å². The number of imidazole rings is 1. The van der Waals surface area contributed by atoms with Gasteiger partial charge >= 0.3 is 0 Å². The van der Waals surface area contributed by atoms with Gasteiger partial charge in [-0.1, -0.05) is 17.9 Å². The lowest BCUT2D eigenvalue weighted by atomic mass is 10.0. The van der Waals surface area contributed by atoms with Gasteiger partial charge in [0.1, 0.15) is 5.82 Å². The molecule has 3 rings (SSSR count). The first-order chi connectivity index (χ1) is 10.3. The SMILES string of the molecule is NCC#Cc1cc(F)ccc1Cn1cnc2c1CCCC2. The lowest BCUT2D eigenvalue weighted by Crippen LogP contribution is -2.10. The van der Waals surface area contributed by atoms with Gasteiger partial charge in [-0.2, -0.15) is 0 Å². The zero-order valence-electron chi connectivity index (χ0n) is 11.9. The molecule has 0 saturated carbocycles. The lowest BCUT2D eigenvalue weighted by molar-refractivity contribution is 0.619. The summed E-state index contributed by atoms with van der Waals surface area (Å²) in [5.74, 6) is 5.49. The van der Waals surface area contributed by atoms with Gasteiger partial charge in [-0.25, -0.2) is 9.37 Å². The Morgan fingerprint density at radius 3 is 3.00 bits per heavy atom. The average molecular weight is 283 g/mol. The van der Waals surface area contributed by atoms with E-state index >= 15 is 0 Å². The smallest absolute Gasteiger partial charge is 0.124 e. The zero-order valence-corrected chi connectivity index (χ0v) is 11.9. The van der Waals surface area contributed by atoms with Crippen LogP contribution in [-0.4, -0.2) is 16.1 Å². The molecule has 3 nitrogen and oxygen atoms in total. The molecule has 0 aliphatic heterocycles. The maximum absolute atomic E-state index is 13.4. The highest BCUT2D eigenvalue weighted by molar-refractivity contribution is 5.42. The molecule has 0 unspecified atom stereocenters. The van der Waals surface area contributed by atoms with Gasteiger partial charge in [0, 0.05) is 17.8 Å². The minimum absolute atomic E-state index is 0.271. The molecule has 0 amide bonds. The van der Waals surface area contributed by atoms with Crippen molar-refractivity contribution in [1.82, 2.24) is 9.55 Å². The van der Waals surface area contributed by atoms with E-state index in [0.717, 1.165) is 18.4 Å². The van der Waals surface area contributed by atoms with Crippen LogP contribution in [0, 0.1) is 17.7 Å². The predicted molar refractivity (Wildman–Crippen MR) is 80.3 cm³/mol. The maximum Gasteiger partial charge on any atom is 0.124 e. The number of aromatic nitrogens is 2. The van der Waals surface area contributed by atoms with Crippen LogP contribution in [0.3, 0.4) is 0 Å². The van der Waals surface area contributed by atoms with Gasteiger partial charge in [0.05, 0.1) is 18.6 Å². The number of nitrogens with zero attached hydrogens (tertiary/aromatic N) is 2. The highest BCUT2D eigenvalue weighted by atomic mass is 19.1. The van der Waals surface area contributed by atoms with Crippen LogP contribution in [0.1, 0.15) is 35.4 Å². The Bertz CT molecular complexity index is 707. The molecule has 0 radical (unpaired) electrons. The van der Waals surface area contributed by atoms with Gasteiger partial charge in [-0.05, 0) is 43.4 Å². The van der Waals surface area contributed by atoms with Gasteiger partial charge in [0.25, 0.3) is 0 Å². The summed E-state index contributed by atoms with van der Waals surface area (Å²) >= 11 is 0. The number of benzene rings is 1. The predicted octanol–water partition coefficient (Wildman–Crippen LogP) is 2.26. The topological polar surface area (TPSA) is 43.8 Å². The number of hydrogen-bond acceptors (Lipinski definition) is 2. The second kappa shape index (κ2) is 6.11. The first-order valence-electron chi connectivity index (χ1n) is 7.28. The third-order valence-electron chi connectivity index (χ3n) is 3.85. The van der Waals surface area contributed by atoms with Crippen LogP contribution < -0.4 is 5.73 Å². The standard InChI is InChI=1S/C17H18FN3/c18-15-8-7-14(13(10-15)4-3-9-19)11-21-12-20-16-5-1-2-6-17(16)21/h7-8,10,12H,1-2,5-6,9,11,19H2. The number of rotatable bonds is 2. The van der Waals surface area contributed by atoms with Crippen molar-refractivity contribution >= 4 is 0 Å². The summed E-state index contributed by atoms with van der Waals surface area (Å²) in [6, 6.07) is 4.75. The molecule has 1 heterocycles. The first-order valence-corrected chi connectivity index (χ1v) is 7.28. The summed E-state index contributed by atoms with van der Waals surface area (Å²) in [6.45, 7) is 0.952. The Balaban J connectivity index is 1.93.